The molecule has 0 N–H and O–H groups in total. The molecule has 0 spiro atoms. The van der Waals surface area contributed by atoms with Crippen molar-refractivity contribution in [3.63, 3.8) is 0 Å². The van der Waals surface area contributed by atoms with Crippen LogP contribution in [0, 0.1) is 11.6 Å². The number of likely N-dealkylation sites (tertiary alicyclic amines) is 1. The number of aryl methyl sites for hydroxylation is 1. The van der Waals surface area contributed by atoms with Gasteiger partial charge < -0.3 is 4.90 Å². The lowest BCUT2D eigenvalue weighted by Gasteiger charge is -2.30. The van der Waals surface area contributed by atoms with Gasteiger partial charge in [-0.1, -0.05) is 36.3 Å². The largest absolute Gasteiger partial charge is 0.345 e. The van der Waals surface area contributed by atoms with Crippen LogP contribution in [0.15, 0.2) is 58.9 Å². The summed E-state index contributed by atoms with van der Waals surface area (Å²) in [5.74, 6) is 0.386. The summed E-state index contributed by atoms with van der Waals surface area (Å²) in [5.41, 5.74) is 4.27. The van der Waals surface area contributed by atoms with Crippen LogP contribution in [0.5, 0.6) is 0 Å². The van der Waals surface area contributed by atoms with E-state index in [1.807, 2.05) is 4.57 Å². The number of benzene rings is 2. The van der Waals surface area contributed by atoms with Crippen molar-refractivity contribution < 1.29 is 8.78 Å². The van der Waals surface area contributed by atoms with E-state index in [1.165, 1.54) is 29.8 Å². The van der Waals surface area contributed by atoms with Crippen LogP contribution in [-0.2, 0) is 19.5 Å². The van der Waals surface area contributed by atoms with Crippen LogP contribution in [0.2, 0.25) is 0 Å². The zero-order valence-corrected chi connectivity index (χ0v) is 20.6. The van der Waals surface area contributed by atoms with Crippen molar-refractivity contribution >= 4 is 18.0 Å². The van der Waals surface area contributed by atoms with Crippen molar-refractivity contribution in [2.75, 3.05) is 19.6 Å². The molecule has 186 valence electrons. The Morgan fingerprint density at radius 1 is 0.771 bits per heavy atom. The van der Waals surface area contributed by atoms with Gasteiger partial charge in [0.05, 0.1) is 6.54 Å². The van der Waals surface area contributed by atoms with Crippen LogP contribution < -0.4 is 5.69 Å². The fraction of sp³-hybridized carbons (Fsp3) is 0.407. The van der Waals surface area contributed by atoms with E-state index >= 15 is 0 Å². The Morgan fingerprint density at radius 2 is 1.37 bits per heavy atom. The Kier molecular flexibility index (Phi) is 8.19. The molecule has 0 atom stereocenters. The molecule has 2 aliphatic heterocycles. The number of nitrogens with zero attached hydrogens (tertiary/aromatic N) is 4. The molecule has 1 fully saturated rings. The van der Waals surface area contributed by atoms with E-state index in [0.717, 1.165) is 87.2 Å². The van der Waals surface area contributed by atoms with Crippen molar-refractivity contribution in [1.29, 1.82) is 0 Å². The van der Waals surface area contributed by atoms with Gasteiger partial charge >= 0.3 is 5.69 Å². The van der Waals surface area contributed by atoms with Gasteiger partial charge in [0.2, 0.25) is 0 Å². The minimum Gasteiger partial charge on any atom is -0.301 e. The quantitative estimate of drug-likeness (QED) is 0.491. The van der Waals surface area contributed by atoms with Gasteiger partial charge in [0, 0.05) is 32.6 Å². The summed E-state index contributed by atoms with van der Waals surface area (Å²) in [6.07, 6.45) is 5.93. The fourth-order valence-corrected chi connectivity index (χ4v) is 5.11. The maximum atomic E-state index is 13.5. The highest BCUT2D eigenvalue weighted by Crippen LogP contribution is 2.32. The van der Waals surface area contributed by atoms with Crippen molar-refractivity contribution in [2.24, 2.45) is 0 Å². The van der Waals surface area contributed by atoms with Crippen LogP contribution in [0.1, 0.15) is 49.1 Å². The summed E-state index contributed by atoms with van der Waals surface area (Å²) in [6, 6.07) is 13.1. The summed E-state index contributed by atoms with van der Waals surface area (Å²) >= 11 is 0. The van der Waals surface area contributed by atoms with Gasteiger partial charge in [0.25, 0.3) is 0 Å². The van der Waals surface area contributed by atoms with Gasteiger partial charge in [0.15, 0.2) is 0 Å². The number of hydrogen-bond donors (Lipinski definition) is 0. The van der Waals surface area contributed by atoms with Crippen molar-refractivity contribution in [3.8, 4) is 0 Å². The molecule has 0 aliphatic carbocycles. The second-order valence-corrected chi connectivity index (χ2v) is 9.22. The zero-order valence-electron chi connectivity index (χ0n) is 19.8. The summed E-state index contributed by atoms with van der Waals surface area (Å²) in [6.45, 7) is 3.92. The van der Waals surface area contributed by atoms with E-state index in [4.69, 9.17) is 0 Å². The fourth-order valence-electron chi connectivity index (χ4n) is 5.11. The normalized spacial score (nSPS) is 16.3. The van der Waals surface area contributed by atoms with Crippen LogP contribution in [0.3, 0.4) is 0 Å². The standard InChI is InChI=1S/C27H30F2N4O.ClH/c28-23-9-5-20(6-10-23)26(21-7-11-24(29)12-8-21)22-13-16-31(17-14-22)18-19-33-27(34)32-15-3-1-2-4-25(32)30-33;/h5-12H,1-4,13-19H2;1H. The van der Waals surface area contributed by atoms with Crippen molar-refractivity contribution in [3.05, 3.63) is 93.2 Å². The predicted octanol–water partition coefficient (Wildman–Crippen LogP) is 5.07. The van der Waals surface area contributed by atoms with Crippen molar-refractivity contribution in [1.82, 2.24) is 19.2 Å². The summed E-state index contributed by atoms with van der Waals surface area (Å²) in [7, 11) is 0. The van der Waals surface area contributed by atoms with E-state index in [9.17, 15) is 13.6 Å². The molecule has 3 heterocycles. The number of fused-ring (bicyclic) bond motifs is 1. The molecule has 2 aliphatic rings. The molecule has 2 aromatic carbocycles. The molecule has 35 heavy (non-hydrogen) atoms. The first kappa shape index (κ1) is 25.3. The van der Waals surface area contributed by atoms with Gasteiger partial charge in [-0.25, -0.2) is 18.3 Å². The first-order valence-corrected chi connectivity index (χ1v) is 12.2. The molecule has 0 bridgehead atoms. The van der Waals surface area contributed by atoms with E-state index in [0.29, 0.717) is 6.54 Å². The Hall–Kier alpha value is -2.77. The topological polar surface area (TPSA) is 43.1 Å². The summed E-state index contributed by atoms with van der Waals surface area (Å²) in [4.78, 5) is 15.1. The Bertz CT molecular complexity index is 1170. The smallest absolute Gasteiger partial charge is 0.301 e. The number of piperidine rings is 1. The van der Waals surface area contributed by atoms with Crippen LogP contribution in [-0.4, -0.2) is 38.9 Å². The van der Waals surface area contributed by atoms with Gasteiger partial charge in [-0.3, -0.25) is 4.57 Å². The predicted molar refractivity (Wildman–Crippen MR) is 136 cm³/mol. The first-order chi connectivity index (χ1) is 16.6. The first-order valence-electron chi connectivity index (χ1n) is 12.2. The lowest BCUT2D eigenvalue weighted by molar-refractivity contribution is 0.241. The Labute approximate surface area is 210 Å². The molecule has 0 radical (unpaired) electrons. The summed E-state index contributed by atoms with van der Waals surface area (Å²) < 4.78 is 30.6. The average Bonchev–Trinajstić information content (AvgIpc) is 3.00. The Balaban J connectivity index is 0.00000289. The van der Waals surface area contributed by atoms with Crippen LogP contribution >= 0.6 is 12.4 Å². The monoisotopic (exact) mass is 500 g/mol. The molecule has 5 rings (SSSR count). The highest BCUT2D eigenvalue weighted by Gasteiger charge is 2.21. The minimum absolute atomic E-state index is 0. The van der Waals surface area contributed by atoms with E-state index < -0.39 is 0 Å². The molecule has 0 unspecified atom stereocenters. The third kappa shape index (κ3) is 5.73. The molecule has 1 aromatic heterocycles. The number of halogens is 3. The third-order valence-corrected chi connectivity index (χ3v) is 6.99. The molecule has 5 nitrogen and oxygen atoms in total. The number of rotatable bonds is 5. The van der Waals surface area contributed by atoms with Gasteiger partial charge in [0.1, 0.15) is 17.5 Å². The molecule has 1 saturated heterocycles. The molecule has 3 aromatic rings. The second kappa shape index (κ2) is 11.3. The molecule has 0 amide bonds. The summed E-state index contributed by atoms with van der Waals surface area (Å²) in [5, 5.41) is 4.60. The zero-order chi connectivity index (χ0) is 23.5. The van der Waals surface area contributed by atoms with Gasteiger partial charge in [-0.05, 0) is 66.6 Å². The van der Waals surface area contributed by atoms with Gasteiger partial charge in [-0.15, -0.1) is 12.4 Å². The second-order valence-electron chi connectivity index (χ2n) is 9.22. The molecular weight excluding hydrogens is 470 g/mol. The maximum Gasteiger partial charge on any atom is 0.345 e. The average molecular weight is 501 g/mol. The van der Waals surface area contributed by atoms with E-state index in [2.05, 4.69) is 10.00 Å². The molecular formula is C27H31ClF2N4O. The van der Waals surface area contributed by atoms with E-state index in [1.54, 1.807) is 28.9 Å². The lowest BCUT2D eigenvalue weighted by atomic mass is 9.88. The Morgan fingerprint density at radius 3 is 1.97 bits per heavy atom. The molecule has 8 heteroatoms. The van der Waals surface area contributed by atoms with Crippen LogP contribution in [0.4, 0.5) is 8.78 Å². The maximum absolute atomic E-state index is 13.5. The van der Waals surface area contributed by atoms with E-state index in [-0.39, 0.29) is 29.7 Å². The van der Waals surface area contributed by atoms with Crippen molar-refractivity contribution in [2.45, 2.75) is 51.6 Å². The highest BCUT2D eigenvalue weighted by atomic mass is 35.5. The van der Waals surface area contributed by atoms with Gasteiger partial charge in [-0.2, -0.15) is 5.10 Å². The SMILES string of the molecule is Cl.O=c1n(CCN2CCC(=C(c3ccc(F)cc3)c3ccc(F)cc3)CC2)nc2n1CCCCC2. The molecule has 0 saturated carbocycles. The number of aromatic nitrogens is 3. The minimum atomic E-state index is -0.270. The third-order valence-electron chi connectivity index (χ3n) is 6.99. The lowest BCUT2D eigenvalue weighted by Crippen LogP contribution is -2.36. The number of hydrogen-bond acceptors (Lipinski definition) is 3. The highest BCUT2D eigenvalue weighted by molar-refractivity contribution is 5.85. The van der Waals surface area contributed by atoms with Crippen LogP contribution in [0.25, 0.3) is 5.57 Å².